The van der Waals surface area contributed by atoms with Gasteiger partial charge in [-0.05, 0) is 43.9 Å². The van der Waals surface area contributed by atoms with E-state index in [0.29, 0.717) is 15.8 Å². The molecule has 0 unspecified atom stereocenters. The lowest BCUT2D eigenvalue weighted by Crippen LogP contribution is -2.29. The van der Waals surface area contributed by atoms with Gasteiger partial charge in [-0.3, -0.25) is 5.32 Å². The lowest BCUT2D eigenvalue weighted by atomic mass is 10.1. The molecule has 2 amide bonds. The number of nitrogens with zero attached hydrogens (tertiary/aromatic N) is 3. The quantitative estimate of drug-likeness (QED) is 0.872. The molecule has 0 bridgehead atoms. The Morgan fingerprint density at radius 2 is 2.00 bits per heavy atom. The van der Waals surface area contributed by atoms with Gasteiger partial charge in [-0.15, -0.1) is 10.2 Å². The molecule has 1 aromatic carbocycles. The Hall–Kier alpha value is -1.86. The summed E-state index contributed by atoms with van der Waals surface area (Å²) in [5.41, 5.74) is 1.60. The fourth-order valence-electron chi connectivity index (χ4n) is 2.41. The highest BCUT2D eigenvalue weighted by Gasteiger charge is 2.16. The van der Waals surface area contributed by atoms with Crippen LogP contribution in [-0.2, 0) is 0 Å². The molecule has 0 aliphatic carbocycles. The maximum Gasteiger partial charge on any atom is 0.325 e. The molecular formula is C15H18ClN5OS. The van der Waals surface area contributed by atoms with Gasteiger partial charge in [0.2, 0.25) is 10.3 Å². The molecule has 1 fully saturated rings. The molecule has 2 heterocycles. The number of carbonyl (C=O) groups excluding carboxylic acids is 1. The van der Waals surface area contributed by atoms with Crippen molar-refractivity contribution < 1.29 is 4.79 Å². The molecule has 1 aliphatic rings. The lowest BCUT2D eigenvalue weighted by Gasteiger charge is -2.25. The van der Waals surface area contributed by atoms with E-state index in [9.17, 15) is 4.79 Å². The van der Waals surface area contributed by atoms with Crippen LogP contribution in [0.3, 0.4) is 0 Å². The summed E-state index contributed by atoms with van der Waals surface area (Å²) in [5.74, 6) is 0. The van der Waals surface area contributed by atoms with E-state index in [-0.39, 0.29) is 6.03 Å². The van der Waals surface area contributed by atoms with Crippen molar-refractivity contribution in [3.63, 3.8) is 0 Å². The van der Waals surface area contributed by atoms with Crippen LogP contribution in [0.25, 0.3) is 0 Å². The van der Waals surface area contributed by atoms with Gasteiger partial charge in [0.15, 0.2) is 0 Å². The predicted molar refractivity (Wildman–Crippen MR) is 94.8 cm³/mol. The Kier molecular flexibility index (Phi) is 4.97. The summed E-state index contributed by atoms with van der Waals surface area (Å²) in [6.45, 7) is 3.92. The first-order valence-electron chi connectivity index (χ1n) is 7.54. The average molecular weight is 352 g/mol. The van der Waals surface area contributed by atoms with E-state index in [2.05, 4.69) is 25.7 Å². The summed E-state index contributed by atoms with van der Waals surface area (Å²) in [7, 11) is 0. The van der Waals surface area contributed by atoms with Crippen molar-refractivity contribution in [2.75, 3.05) is 28.6 Å². The molecular weight excluding hydrogens is 334 g/mol. The van der Waals surface area contributed by atoms with E-state index in [1.807, 2.05) is 13.0 Å². The van der Waals surface area contributed by atoms with Crippen LogP contribution in [0.2, 0.25) is 5.02 Å². The molecule has 1 aromatic heterocycles. The molecule has 3 rings (SSSR count). The van der Waals surface area contributed by atoms with E-state index in [1.165, 1.54) is 30.6 Å². The van der Waals surface area contributed by atoms with Crippen molar-refractivity contribution in [3.8, 4) is 0 Å². The first-order valence-corrected chi connectivity index (χ1v) is 8.74. The van der Waals surface area contributed by atoms with Gasteiger partial charge in [-0.25, -0.2) is 4.79 Å². The van der Waals surface area contributed by atoms with Crippen LogP contribution in [-0.4, -0.2) is 29.3 Å². The number of hydrogen-bond donors (Lipinski definition) is 2. The topological polar surface area (TPSA) is 70.1 Å². The molecule has 0 saturated carbocycles. The van der Waals surface area contributed by atoms with Crippen LogP contribution in [0, 0.1) is 6.92 Å². The first-order chi connectivity index (χ1) is 11.1. The molecule has 2 aromatic rings. The largest absolute Gasteiger partial charge is 0.347 e. The fourth-order valence-corrected chi connectivity index (χ4v) is 3.38. The van der Waals surface area contributed by atoms with Crippen LogP contribution in [0.4, 0.5) is 20.7 Å². The third kappa shape index (κ3) is 4.11. The molecule has 0 spiro atoms. The van der Waals surface area contributed by atoms with E-state index in [0.717, 1.165) is 23.8 Å². The molecule has 0 atom stereocenters. The second kappa shape index (κ2) is 7.14. The Morgan fingerprint density at radius 1 is 1.22 bits per heavy atom. The van der Waals surface area contributed by atoms with Crippen LogP contribution in [0.1, 0.15) is 24.8 Å². The van der Waals surface area contributed by atoms with E-state index < -0.39 is 0 Å². The van der Waals surface area contributed by atoms with Gasteiger partial charge in [0.1, 0.15) is 0 Å². The molecule has 1 saturated heterocycles. The number of anilines is 3. The highest BCUT2D eigenvalue weighted by Crippen LogP contribution is 2.27. The van der Waals surface area contributed by atoms with Crippen LogP contribution < -0.4 is 15.5 Å². The van der Waals surface area contributed by atoms with Gasteiger partial charge in [0.25, 0.3) is 0 Å². The number of hydrogen-bond acceptors (Lipinski definition) is 5. The molecule has 23 heavy (non-hydrogen) atoms. The summed E-state index contributed by atoms with van der Waals surface area (Å²) in [5, 5.41) is 15.6. The second-order valence-corrected chi connectivity index (χ2v) is 6.84. The normalized spacial score (nSPS) is 14.6. The lowest BCUT2D eigenvalue weighted by molar-refractivity contribution is 0.262. The van der Waals surface area contributed by atoms with Gasteiger partial charge >= 0.3 is 6.03 Å². The van der Waals surface area contributed by atoms with Crippen molar-refractivity contribution in [3.05, 3.63) is 28.8 Å². The minimum absolute atomic E-state index is 0.355. The zero-order valence-electron chi connectivity index (χ0n) is 12.8. The Balaban J connectivity index is 1.59. The van der Waals surface area contributed by atoms with Gasteiger partial charge in [-0.2, -0.15) is 0 Å². The number of nitrogens with one attached hydrogen (secondary N) is 2. The summed E-state index contributed by atoms with van der Waals surface area (Å²) in [4.78, 5) is 14.2. The van der Waals surface area contributed by atoms with Crippen molar-refractivity contribution in [1.82, 2.24) is 10.2 Å². The van der Waals surface area contributed by atoms with E-state index in [1.54, 1.807) is 12.1 Å². The smallest absolute Gasteiger partial charge is 0.325 e. The maximum atomic E-state index is 12.0. The number of piperidine rings is 1. The standard InChI is InChI=1S/C15H18ClN5OS/c1-10-5-6-11(9-12(10)16)17-13(22)18-14-19-20-15(23-14)21-7-3-2-4-8-21/h5-6,9H,2-4,7-8H2,1H3,(H2,17,18,19,22). The summed E-state index contributed by atoms with van der Waals surface area (Å²) in [6.07, 6.45) is 3.62. The highest BCUT2D eigenvalue weighted by atomic mass is 35.5. The molecule has 122 valence electrons. The number of amides is 2. The highest BCUT2D eigenvalue weighted by molar-refractivity contribution is 7.19. The predicted octanol–water partition coefficient (Wildman–Crippen LogP) is 4.13. The Bertz CT molecular complexity index is 699. The number of aryl methyl sites for hydroxylation is 1. The van der Waals surface area contributed by atoms with Gasteiger partial charge < -0.3 is 10.2 Å². The number of carbonyl (C=O) groups is 1. The number of rotatable bonds is 3. The maximum absolute atomic E-state index is 12.0. The van der Waals surface area contributed by atoms with Crippen molar-refractivity contribution in [2.45, 2.75) is 26.2 Å². The van der Waals surface area contributed by atoms with Crippen molar-refractivity contribution in [1.29, 1.82) is 0 Å². The number of urea groups is 1. The van der Waals surface area contributed by atoms with E-state index >= 15 is 0 Å². The third-order valence-corrected chi connectivity index (χ3v) is 5.00. The number of benzene rings is 1. The SMILES string of the molecule is Cc1ccc(NC(=O)Nc2nnc(N3CCCCC3)s2)cc1Cl. The third-order valence-electron chi connectivity index (χ3n) is 3.69. The average Bonchev–Trinajstić information content (AvgIpc) is 3.00. The summed E-state index contributed by atoms with van der Waals surface area (Å²) < 4.78 is 0. The van der Waals surface area contributed by atoms with Crippen molar-refractivity contribution >= 4 is 44.9 Å². The number of aromatic nitrogens is 2. The molecule has 1 aliphatic heterocycles. The van der Waals surface area contributed by atoms with Crippen LogP contribution in [0.15, 0.2) is 18.2 Å². The zero-order chi connectivity index (χ0) is 16.2. The summed E-state index contributed by atoms with van der Waals surface area (Å²) in [6, 6.07) is 5.03. The second-order valence-electron chi connectivity index (χ2n) is 5.48. The minimum atomic E-state index is -0.355. The molecule has 8 heteroatoms. The fraction of sp³-hybridized carbons (Fsp3) is 0.400. The Labute approximate surface area is 143 Å². The molecule has 6 nitrogen and oxygen atoms in total. The molecule has 0 radical (unpaired) electrons. The Morgan fingerprint density at radius 3 is 2.74 bits per heavy atom. The van der Waals surface area contributed by atoms with Gasteiger partial charge in [0, 0.05) is 23.8 Å². The number of halogens is 1. The van der Waals surface area contributed by atoms with E-state index in [4.69, 9.17) is 11.6 Å². The first kappa shape index (κ1) is 16.0. The van der Waals surface area contributed by atoms with Crippen molar-refractivity contribution in [2.24, 2.45) is 0 Å². The molecule has 2 N–H and O–H groups in total. The van der Waals surface area contributed by atoms with Crippen LogP contribution >= 0.6 is 22.9 Å². The van der Waals surface area contributed by atoms with Gasteiger partial charge in [0.05, 0.1) is 0 Å². The van der Waals surface area contributed by atoms with Crippen LogP contribution in [0.5, 0.6) is 0 Å². The summed E-state index contributed by atoms with van der Waals surface area (Å²) >= 11 is 7.44. The minimum Gasteiger partial charge on any atom is -0.347 e. The monoisotopic (exact) mass is 351 g/mol. The zero-order valence-corrected chi connectivity index (χ0v) is 14.4. The van der Waals surface area contributed by atoms with Gasteiger partial charge in [-0.1, -0.05) is 29.0 Å².